The smallest absolute Gasteiger partial charge is 0.243 e. The number of hydrogen-bond donors (Lipinski definition) is 0. The lowest BCUT2D eigenvalue weighted by atomic mass is 9.80. The Labute approximate surface area is 155 Å². The average molecular weight is 372 g/mol. The van der Waals surface area contributed by atoms with Crippen molar-refractivity contribution in [3.8, 4) is 0 Å². The second kappa shape index (κ2) is 7.33. The summed E-state index contributed by atoms with van der Waals surface area (Å²) in [6, 6.07) is 16.3. The van der Waals surface area contributed by atoms with Crippen LogP contribution >= 0.6 is 0 Å². The van der Waals surface area contributed by atoms with E-state index >= 15 is 0 Å². The molecule has 2 aromatic rings. The number of piperidine rings is 1. The third-order valence-electron chi connectivity index (χ3n) is 5.34. The van der Waals surface area contributed by atoms with Gasteiger partial charge in [-0.1, -0.05) is 55.0 Å². The van der Waals surface area contributed by atoms with Crippen LogP contribution in [0.3, 0.4) is 0 Å². The van der Waals surface area contributed by atoms with E-state index in [0.717, 1.165) is 11.1 Å². The van der Waals surface area contributed by atoms with Gasteiger partial charge in [0.1, 0.15) is 5.78 Å². The standard InChI is InChI=1S/C21H25NO3S/c1-15-9-11-19(12-10-15)26(24,25)22-14-20(17(3)23)16(2)13-21(22)18-7-5-4-6-8-18/h4-12,16,20-21H,13-14H2,1-3H3/t16-,20-,21+/m1/s1. The van der Waals surface area contributed by atoms with Crippen LogP contribution in [0.2, 0.25) is 0 Å². The summed E-state index contributed by atoms with van der Waals surface area (Å²) in [4.78, 5) is 12.4. The molecule has 3 atom stereocenters. The monoisotopic (exact) mass is 371 g/mol. The number of rotatable bonds is 4. The van der Waals surface area contributed by atoms with Gasteiger partial charge in [-0.3, -0.25) is 4.79 Å². The molecule has 1 saturated heterocycles. The van der Waals surface area contributed by atoms with E-state index in [2.05, 4.69) is 0 Å². The molecule has 0 bridgehead atoms. The zero-order valence-electron chi connectivity index (χ0n) is 15.4. The highest BCUT2D eigenvalue weighted by molar-refractivity contribution is 7.89. The van der Waals surface area contributed by atoms with Crippen LogP contribution in [0.5, 0.6) is 0 Å². The Hall–Kier alpha value is -1.98. The Morgan fingerprint density at radius 2 is 1.65 bits per heavy atom. The number of aryl methyl sites for hydroxylation is 1. The zero-order chi connectivity index (χ0) is 18.9. The van der Waals surface area contributed by atoms with Crippen molar-refractivity contribution in [2.75, 3.05) is 6.54 Å². The van der Waals surface area contributed by atoms with Crippen LogP contribution in [-0.4, -0.2) is 25.1 Å². The van der Waals surface area contributed by atoms with Crippen LogP contribution < -0.4 is 0 Å². The Morgan fingerprint density at radius 1 is 1.04 bits per heavy atom. The predicted molar refractivity (Wildman–Crippen MR) is 102 cm³/mol. The van der Waals surface area contributed by atoms with Gasteiger partial charge in [-0.15, -0.1) is 0 Å². The molecule has 138 valence electrons. The number of benzene rings is 2. The van der Waals surface area contributed by atoms with Gasteiger partial charge in [0, 0.05) is 12.5 Å². The molecule has 0 spiro atoms. The van der Waals surface area contributed by atoms with Crippen LogP contribution in [0.1, 0.15) is 37.4 Å². The first-order valence-electron chi connectivity index (χ1n) is 8.94. The fourth-order valence-electron chi connectivity index (χ4n) is 3.75. The van der Waals surface area contributed by atoms with Gasteiger partial charge >= 0.3 is 0 Å². The molecular weight excluding hydrogens is 346 g/mol. The predicted octanol–water partition coefficient (Wildman–Crippen LogP) is 3.97. The zero-order valence-corrected chi connectivity index (χ0v) is 16.2. The van der Waals surface area contributed by atoms with Crippen molar-refractivity contribution in [2.24, 2.45) is 11.8 Å². The summed E-state index contributed by atoms with van der Waals surface area (Å²) in [7, 11) is -3.68. The third kappa shape index (κ3) is 3.60. The summed E-state index contributed by atoms with van der Waals surface area (Å²) in [5.41, 5.74) is 1.98. The second-order valence-electron chi connectivity index (χ2n) is 7.24. The van der Waals surface area contributed by atoms with Crippen LogP contribution in [-0.2, 0) is 14.8 Å². The molecule has 1 fully saturated rings. The Bertz CT molecular complexity index is 875. The van der Waals surface area contributed by atoms with E-state index in [4.69, 9.17) is 0 Å². The fourth-order valence-corrected chi connectivity index (χ4v) is 5.40. The molecule has 26 heavy (non-hydrogen) atoms. The van der Waals surface area contributed by atoms with E-state index in [1.165, 1.54) is 4.31 Å². The topological polar surface area (TPSA) is 54.5 Å². The van der Waals surface area contributed by atoms with Gasteiger partial charge in [0.2, 0.25) is 10.0 Å². The second-order valence-corrected chi connectivity index (χ2v) is 9.13. The SMILES string of the molecule is CC(=O)[C@@H]1CN(S(=O)(=O)c2ccc(C)cc2)[C@H](c2ccccc2)C[C@H]1C. The molecular formula is C21H25NO3S. The summed E-state index contributed by atoms with van der Waals surface area (Å²) < 4.78 is 28.3. The first-order chi connectivity index (χ1) is 12.3. The lowest BCUT2D eigenvalue weighted by molar-refractivity contribution is -0.123. The number of carbonyl (C=O) groups excluding carboxylic acids is 1. The summed E-state index contributed by atoms with van der Waals surface area (Å²) >= 11 is 0. The quantitative estimate of drug-likeness (QED) is 0.817. The minimum absolute atomic E-state index is 0.0492. The number of hydrogen-bond acceptors (Lipinski definition) is 3. The molecule has 0 aliphatic carbocycles. The summed E-state index contributed by atoms with van der Waals surface area (Å²) in [6.07, 6.45) is 0.638. The van der Waals surface area contributed by atoms with E-state index in [1.807, 2.05) is 44.2 Å². The van der Waals surface area contributed by atoms with Crippen LogP contribution in [0, 0.1) is 18.8 Å². The number of sulfonamides is 1. The van der Waals surface area contributed by atoms with Gasteiger partial charge in [0.05, 0.1) is 10.9 Å². The summed E-state index contributed by atoms with van der Waals surface area (Å²) in [5.74, 6) is -0.0783. The molecule has 1 aliphatic heterocycles. The van der Waals surface area contributed by atoms with E-state index < -0.39 is 10.0 Å². The molecule has 5 heteroatoms. The maximum Gasteiger partial charge on any atom is 0.243 e. The van der Waals surface area contributed by atoms with Crippen LogP contribution in [0.15, 0.2) is 59.5 Å². The normalized spacial score (nSPS) is 24.3. The summed E-state index contributed by atoms with van der Waals surface area (Å²) in [5, 5.41) is 0. The van der Waals surface area contributed by atoms with Gasteiger partial charge in [-0.05, 0) is 43.9 Å². The van der Waals surface area contributed by atoms with Crippen LogP contribution in [0.25, 0.3) is 0 Å². The molecule has 0 radical (unpaired) electrons. The van der Waals surface area contributed by atoms with Gasteiger partial charge in [0.15, 0.2) is 0 Å². The van der Waals surface area contributed by atoms with Crippen molar-refractivity contribution >= 4 is 15.8 Å². The average Bonchev–Trinajstić information content (AvgIpc) is 2.62. The van der Waals surface area contributed by atoms with Crippen molar-refractivity contribution in [2.45, 2.75) is 38.1 Å². The van der Waals surface area contributed by atoms with Gasteiger partial charge in [-0.25, -0.2) is 8.42 Å². The van der Waals surface area contributed by atoms with E-state index in [0.29, 0.717) is 6.42 Å². The van der Waals surface area contributed by atoms with E-state index in [-0.39, 0.29) is 35.1 Å². The minimum atomic E-state index is -3.68. The Morgan fingerprint density at radius 3 is 2.23 bits per heavy atom. The van der Waals surface area contributed by atoms with Crippen molar-refractivity contribution in [1.82, 2.24) is 4.31 Å². The molecule has 0 aromatic heterocycles. The minimum Gasteiger partial charge on any atom is -0.300 e. The fraction of sp³-hybridized carbons (Fsp3) is 0.381. The molecule has 4 nitrogen and oxygen atoms in total. The highest BCUT2D eigenvalue weighted by Crippen LogP contribution is 2.40. The lowest BCUT2D eigenvalue weighted by Gasteiger charge is -2.41. The Kier molecular flexibility index (Phi) is 5.30. The first kappa shape index (κ1) is 18.8. The van der Waals surface area contributed by atoms with E-state index in [1.54, 1.807) is 31.2 Å². The molecule has 0 saturated carbocycles. The Balaban J connectivity index is 2.05. The maximum atomic E-state index is 13.4. The number of nitrogens with zero attached hydrogens (tertiary/aromatic N) is 1. The molecule has 0 unspecified atom stereocenters. The van der Waals surface area contributed by atoms with Gasteiger partial charge in [-0.2, -0.15) is 4.31 Å². The third-order valence-corrected chi connectivity index (χ3v) is 7.23. The number of carbonyl (C=O) groups is 1. The highest BCUT2D eigenvalue weighted by atomic mass is 32.2. The number of ketones is 1. The molecule has 3 rings (SSSR count). The van der Waals surface area contributed by atoms with Gasteiger partial charge in [0.25, 0.3) is 0 Å². The first-order valence-corrected chi connectivity index (χ1v) is 10.4. The molecule has 0 amide bonds. The molecule has 1 heterocycles. The van der Waals surface area contributed by atoms with Crippen molar-refractivity contribution < 1.29 is 13.2 Å². The lowest BCUT2D eigenvalue weighted by Crippen LogP contribution is -2.47. The molecule has 0 N–H and O–H groups in total. The van der Waals surface area contributed by atoms with Gasteiger partial charge < -0.3 is 0 Å². The largest absolute Gasteiger partial charge is 0.300 e. The number of Topliss-reactive ketones (excluding diaryl/α,β-unsaturated/α-hetero) is 1. The van der Waals surface area contributed by atoms with Crippen molar-refractivity contribution in [3.63, 3.8) is 0 Å². The maximum absolute atomic E-state index is 13.4. The molecule has 2 aromatic carbocycles. The van der Waals surface area contributed by atoms with E-state index in [9.17, 15) is 13.2 Å². The van der Waals surface area contributed by atoms with Crippen LogP contribution in [0.4, 0.5) is 0 Å². The van der Waals surface area contributed by atoms with Crippen molar-refractivity contribution in [3.05, 3.63) is 65.7 Å². The molecule has 1 aliphatic rings. The summed E-state index contributed by atoms with van der Waals surface area (Å²) in [6.45, 7) is 5.75. The van der Waals surface area contributed by atoms with Crippen molar-refractivity contribution in [1.29, 1.82) is 0 Å². The highest BCUT2D eigenvalue weighted by Gasteiger charge is 2.42.